The zero-order chi connectivity index (χ0) is 17.8. The number of aromatic nitrogens is 1. The van der Waals surface area contributed by atoms with Gasteiger partial charge in [0, 0.05) is 17.7 Å². The molecule has 0 saturated carbocycles. The van der Waals surface area contributed by atoms with Crippen molar-refractivity contribution >= 4 is 33.9 Å². The van der Waals surface area contributed by atoms with Gasteiger partial charge in [-0.15, -0.1) is 0 Å². The van der Waals surface area contributed by atoms with Crippen molar-refractivity contribution in [2.24, 2.45) is 0 Å². The summed E-state index contributed by atoms with van der Waals surface area (Å²) in [7, 11) is 0. The van der Waals surface area contributed by atoms with E-state index < -0.39 is 11.9 Å². The summed E-state index contributed by atoms with van der Waals surface area (Å²) in [5.74, 6) is -1.49. The predicted molar refractivity (Wildman–Crippen MR) is 97.4 cm³/mol. The summed E-state index contributed by atoms with van der Waals surface area (Å²) in [6.45, 7) is 1.80. The van der Waals surface area contributed by atoms with Gasteiger partial charge in [0.1, 0.15) is 0 Å². The molecule has 5 heteroatoms. The summed E-state index contributed by atoms with van der Waals surface area (Å²) in [4.78, 5) is 27.9. The Morgan fingerprint density at radius 2 is 1.76 bits per heavy atom. The number of anilines is 1. The molecule has 0 aliphatic rings. The Labute approximate surface area is 144 Å². The first kappa shape index (κ1) is 16.4. The van der Waals surface area contributed by atoms with E-state index in [4.69, 9.17) is 0 Å². The normalized spacial score (nSPS) is 11.3. The first-order chi connectivity index (χ1) is 12.1. The molecule has 3 aromatic rings. The van der Waals surface area contributed by atoms with Crippen molar-refractivity contribution < 1.29 is 14.7 Å². The van der Waals surface area contributed by atoms with E-state index in [1.54, 1.807) is 31.3 Å². The van der Waals surface area contributed by atoms with E-state index in [0.29, 0.717) is 5.57 Å². The van der Waals surface area contributed by atoms with Crippen molar-refractivity contribution in [2.75, 3.05) is 5.32 Å². The van der Waals surface area contributed by atoms with Crippen molar-refractivity contribution in [2.45, 2.75) is 6.92 Å². The molecule has 2 aromatic carbocycles. The fourth-order valence-electron chi connectivity index (χ4n) is 2.65. The fraction of sp³-hybridized carbons (Fsp3) is 0.0500. The number of carbonyl (C=O) groups is 2. The Hall–Kier alpha value is -3.47. The van der Waals surface area contributed by atoms with Crippen LogP contribution in [0.4, 0.5) is 5.69 Å². The fourth-order valence-corrected chi connectivity index (χ4v) is 2.65. The Bertz CT molecular complexity index is 988. The van der Waals surface area contributed by atoms with Crippen molar-refractivity contribution in [3.8, 4) is 0 Å². The van der Waals surface area contributed by atoms with E-state index in [0.717, 1.165) is 16.5 Å². The average Bonchev–Trinajstić information content (AvgIpc) is 2.61. The lowest BCUT2D eigenvalue weighted by Gasteiger charge is -2.08. The van der Waals surface area contributed by atoms with Gasteiger partial charge in [0.15, 0.2) is 0 Å². The molecule has 0 bridgehead atoms. The lowest BCUT2D eigenvalue weighted by molar-refractivity contribution is -0.111. The topological polar surface area (TPSA) is 79.3 Å². The minimum absolute atomic E-state index is 0.0465. The van der Waals surface area contributed by atoms with E-state index in [9.17, 15) is 14.7 Å². The molecule has 2 N–H and O–H groups in total. The lowest BCUT2D eigenvalue weighted by atomic mass is 10.0. The zero-order valence-corrected chi connectivity index (χ0v) is 13.6. The Morgan fingerprint density at radius 3 is 2.56 bits per heavy atom. The van der Waals surface area contributed by atoms with E-state index in [1.807, 2.05) is 30.3 Å². The maximum atomic E-state index is 12.3. The van der Waals surface area contributed by atoms with Crippen LogP contribution >= 0.6 is 0 Å². The SMILES string of the molecule is C/C(=C/C(=O)Nc1ccccc1C(=O)O)c1nccc2ccccc12. The standard InChI is InChI=1S/C20H16N2O3/c1-13(19-15-7-3-2-6-14(15)10-11-21-19)12-18(23)22-17-9-5-4-8-16(17)20(24)25/h2-12H,1H3,(H,22,23)(H,24,25)/b13-12-. The number of benzene rings is 2. The summed E-state index contributed by atoms with van der Waals surface area (Å²) in [5.41, 5.74) is 1.72. The van der Waals surface area contributed by atoms with Crippen LogP contribution in [-0.2, 0) is 4.79 Å². The molecule has 0 radical (unpaired) electrons. The first-order valence-electron chi connectivity index (χ1n) is 7.72. The van der Waals surface area contributed by atoms with Gasteiger partial charge in [0.25, 0.3) is 0 Å². The summed E-state index contributed by atoms with van der Waals surface area (Å²) in [5, 5.41) is 13.8. The van der Waals surface area contributed by atoms with E-state index in [1.165, 1.54) is 12.1 Å². The van der Waals surface area contributed by atoms with Gasteiger partial charge in [-0.25, -0.2) is 4.79 Å². The highest BCUT2D eigenvalue weighted by molar-refractivity contribution is 6.08. The van der Waals surface area contributed by atoms with Gasteiger partial charge in [-0.05, 0) is 36.1 Å². The number of carbonyl (C=O) groups excluding carboxylic acids is 1. The van der Waals surface area contributed by atoms with Gasteiger partial charge < -0.3 is 10.4 Å². The van der Waals surface area contributed by atoms with E-state index in [-0.39, 0.29) is 11.3 Å². The highest BCUT2D eigenvalue weighted by Crippen LogP contribution is 2.23. The highest BCUT2D eigenvalue weighted by atomic mass is 16.4. The van der Waals surface area contributed by atoms with Crippen molar-refractivity contribution in [1.82, 2.24) is 4.98 Å². The number of fused-ring (bicyclic) bond motifs is 1. The molecule has 0 aliphatic carbocycles. The van der Waals surface area contributed by atoms with Gasteiger partial charge in [0.2, 0.25) is 5.91 Å². The van der Waals surface area contributed by atoms with Crippen LogP contribution in [0.1, 0.15) is 23.0 Å². The zero-order valence-electron chi connectivity index (χ0n) is 13.6. The number of amides is 1. The van der Waals surface area contributed by atoms with Crippen LogP contribution < -0.4 is 5.32 Å². The van der Waals surface area contributed by atoms with E-state index >= 15 is 0 Å². The van der Waals surface area contributed by atoms with Gasteiger partial charge >= 0.3 is 5.97 Å². The molecule has 0 unspecified atom stereocenters. The maximum absolute atomic E-state index is 12.3. The maximum Gasteiger partial charge on any atom is 0.337 e. The number of carboxylic acid groups (broad SMARTS) is 1. The third-order valence-electron chi connectivity index (χ3n) is 3.81. The number of aromatic carboxylic acids is 1. The van der Waals surface area contributed by atoms with Crippen LogP contribution in [0.2, 0.25) is 0 Å². The number of pyridine rings is 1. The molecule has 0 saturated heterocycles. The molecule has 0 fully saturated rings. The molecule has 25 heavy (non-hydrogen) atoms. The number of rotatable bonds is 4. The Morgan fingerprint density at radius 1 is 1.04 bits per heavy atom. The molecule has 5 nitrogen and oxygen atoms in total. The Balaban J connectivity index is 1.90. The second-order valence-corrected chi connectivity index (χ2v) is 5.55. The number of hydrogen-bond donors (Lipinski definition) is 2. The largest absolute Gasteiger partial charge is 0.478 e. The molecule has 1 heterocycles. The second kappa shape index (κ2) is 6.97. The molecular formula is C20H16N2O3. The molecule has 1 aromatic heterocycles. The van der Waals surface area contributed by atoms with Crippen LogP contribution in [0.15, 0.2) is 66.9 Å². The number of hydrogen-bond acceptors (Lipinski definition) is 3. The van der Waals surface area contributed by atoms with Gasteiger partial charge in [-0.3, -0.25) is 9.78 Å². The first-order valence-corrected chi connectivity index (χ1v) is 7.72. The second-order valence-electron chi connectivity index (χ2n) is 5.55. The third kappa shape index (κ3) is 3.55. The smallest absolute Gasteiger partial charge is 0.337 e. The van der Waals surface area contributed by atoms with Gasteiger partial charge in [-0.2, -0.15) is 0 Å². The van der Waals surface area contributed by atoms with Gasteiger partial charge in [-0.1, -0.05) is 36.4 Å². The molecule has 0 atom stereocenters. The molecule has 0 spiro atoms. The van der Waals surface area contributed by atoms with Crippen molar-refractivity contribution in [3.05, 3.63) is 78.1 Å². The Kier molecular flexibility index (Phi) is 4.57. The van der Waals surface area contributed by atoms with Crippen LogP contribution in [0.5, 0.6) is 0 Å². The molecule has 0 aliphatic heterocycles. The minimum atomic E-state index is -1.09. The number of allylic oxidation sites excluding steroid dienone is 1. The summed E-state index contributed by atoms with van der Waals surface area (Å²) < 4.78 is 0. The number of nitrogens with one attached hydrogen (secondary N) is 1. The average molecular weight is 332 g/mol. The quantitative estimate of drug-likeness (QED) is 0.708. The summed E-state index contributed by atoms with van der Waals surface area (Å²) >= 11 is 0. The minimum Gasteiger partial charge on any atom is -0.478 e. The van der Waals surface area contributed by atoms with Crippen LogP contribution in [0, 0.1) is 0 Å². The molecular weight excluding hydrogens is 316 g/mol. The molecule has 1 amide bonds. The predicted octanol–water partition coefficient (Wildman–Crippen LogP) is 3.98. The summed E-state index contributed by atoms with van der Waals surface area (Å²) in [6.07, 6.45) is 3.13. The van der Waals surface area contributed by atoms with Crippen LogP contribution in [0.25, 0.3) is 16.3 Å². The van der Waals surface area contributed by atoms with Gasteiger partial charge in [0.05, 0.1) is 16.9 Å². The van der Waals surface area contributed by atoms with Crippen molar-refractivity contribution in [3.63, 3.8) is 0 Å². The number of carboxylic acids is 1. The van der Waals surface area contributed by atoms with Crippen molar-refractivity contribution in [1.29, 1.82) is 0 Å². The number of nitrogens with zero attached hydrogens (tertiary/aromatic N) is 1. The molecule has 3 rings (SSSR count). The third-order valence-corrected chi connectivity index (χ3v) is 3.81. The lowest BCUT2D eigenvalue weighted by Crippen LogP contribution is -2.12. The highest BCUT2D eigenvalue weighted by Gasteiger charge is 2.11. The summed E-state index contributed by atoms with van der Waals surface area (Å²) in [6, 6.07) is 16.0. The van der Waals surface area contributed by atoms with Crippen LogP contribution in [0.3, 0.4) is 0 Å². The molecule has 124 valence electrons. The van der Waals surface area contributed by atoms with E-state index in [2.05, 4.69) is 10.3 Å². The number of para-hydroxylation sites is 1. The van der Waals surface area contributed by atoms with Crippen LogP contribution in [-0.4, -0.2) is 22.0 Å². The monoisotopic (exact) mass is 332 g/mol.